The van der Waals surface area contributed by atoms with Gasteiger partial charge in [0.25, 0.3) is 0 Å². The van der Waals surface area contributed by atoms with Crippen LogP contribution in [0.25, 0.3) is 0 Å². The van der Waals surface area contributed by atoms with Crippen LogP contribution in [-0.4, -0.2) is 23.5 Å². The van der Waals surface area contributed by atoms with Crippen molar-refractivity contribution >= 4 is 17.6 Å². The molecular weight excluding hydrogens is 242 g/mol. The Balaban J connectivity index is 2.06. The van der Waals surface area contributed by atoms with Gasteiger partial charge in [0.15, 0.2) is 0 Å². The normalized spacial score (nSPS) is 14.1. The minimum atomic E-state index is -0.845. The Labute approximate surface area is 113 Å². The van der Waals surface area contributed by atoms with E-state index in [1.807, 2.05) is 19.1 Å². The summed E-state index contributed by atoms with van der Waals surface area (Å²) >= 11 is 0. The molecule has 1 aliphatic heterocycles. The Morgan fingerprint density at radius 3 is 2.84 bits per heavy atom. The average molecular weight is 261 g/mol. The summed E-state index contributed by atoms with van der Waals surface area (Å²) in [5.74, 6) is -0.812. The van der Waals surface area contributed by atoms with Crippen molar-refractivity contribution in [1.29, 1.82) is 0 Å². The molecule has 0 spiro atoms. The van der Waals surface area contributed by atoms with Gasteiger partial charge in [0.05, 0.1) is 0 Å². The molecule has 4 heteroatoms. The number of carboxylic acid groups (broad SMARTS) is 1. The number of hydrogen-bond acceptors (Lipinski definition) is 2. The van der Waals surface area contributed by atoms with Gasteiger partial charge in [-0.15, -0.1) is 0 Å². The number of benzene rings is 1. The van der Waals surface area contributed by atoms with Crippen LogP contribution in [0.3, 0.4) is 0 Å². The fraction of sp³-hybridized carbons (Fsp3) is 0.467. The monoisotopic (exact) mass is 261 g/mol. The second-order valence-corrected chi connectivity index (χ2v) is 5.03. The van der Waals surface area contributed by atoms with Crippen LogP contribution in [0.1, 0.15) is 36.8 Å². The molecule has 0 aromatic heterocycles. The molecule has 1 aromatic carbocycles. The van der Waals surface area contributed by atoms with E-state index in [-0.39, 0.29) is 12.3 Å². The Kier molecular flexibility index (Phi) is 4.20. The van der Waals surface area contributed by atoms with E-state index in [1.54, 1.807) is 4.90 Å². The van der Waals surface area contributed by atoms with Crippen LogP contribution in [0.5, 0.6) is 0 Å². The Morgan fingerprint density at radius 2 is 2.11 bits per heavy atom. The number of carbonyl (C=O) groups excluding carboxylic acids is 1. The first-order valence-electron chi connectivity index (χ1n) is 6.69. The molecule has 102 valence electrons. The zero-order valence-corrected chi connectivity index (χ0v) is 11.2. The Hall–Kier alpha value is -1.84. The standard InChI is InChI=1S/C15H19NO3/c1-11-7-8-13-12(10-11)4-3-9-16(13)14(17)5-2-6-15(18)19/h7-8,10H,2-6,9H2,1H3,(H,18,19). The van der Waals surface area contributed by atoms with Crippen LogP contribution in [0.15, 0.2) is 18.2 Å². The first-order valence-corrected chi connectivity index (χ1v) is 6.69. The van der Waals surface area contributed by atoms with Crippen LogP contribution in [0.4, 0.5) is 5.69 Å². The lowest BCUT2D eigenvalue weighted by molar-refractivity contribution is -0.137. The second kappa shape index (κ2) is 5.87. The van der Waals surface area contributed by atoms with Crippen molar-refractivity contribution in [2.45, 2.75) is 39.0 Å². The van der Waals surface area contributed by atoms with Gasteiger partial charge in [-0.05, 0) is 37.8 Å². The number of fused-ring (bicyclic) bond motifs is 1. The molecule has 0 atom stereocenters. The molecule has 1 heterocycles. The number of aryl methyl sites for hydroxylation is 2. The van der Waals surface area contributed by atoms with E-state index >= 15 is 0 Å². The quantitative estimate of drug-likeness (QED) is 0.906. The van der Waals surface area contributed by atoms with Gasteiger partial charge in [-0.25, -0.2) is 0 Å². The lowest BCUT2D eigenvalue weighted by atomic mass is 9.99. The highest BCUT2D eigenvalue weighted by Gasteiger charge is 2.22. The third-order valence-corrected chi connectivity index (χ3v) is 3.44. The summed E-state index contributed by atoms with van der Waals surface area (Å²) in [4.78, 5) is 24.4. The van der Waals surface area contributed by atoms with Crippen LogP contribution in [-0.2, 0) is 16.0 Å². The number of amides is 1. The van der Waals surface area contributed by atoms with Crippen molar-refractivity contribution in [3.63, 3.8) is 0 Å². The molecule has 1 aromatic rings. The van der Waals surface area contributed by atoms with Gasteiger partial charge >= 0.3 is 5.97 Å². The molecular formula is C15H19NO3. The summed E-state index contributed by atoms with van der Waals surface area (Å²) in [6.07, 6.45) is 2.75. The lowest BCUT2D eigenvalue weighted by Crippen LogP contribution is -2.35. The molecule has 0 aliphatic carbocycles. The van der Waals surface area contributed by atoms with Crippen LogP contribution < -0.4 is 4.90 Å². The van der Waals surface area contributed by atoms with Crippen molar-refractivity contribution in [3.8, 4) is 0 Å². The molecule has 0 saturated heterocycles. The van der Waals surface area contributed by atoms with E-state index < -0.39 is 5.97 Å². The summed E-state index contributed by atoms with van der Waals surface area (Å²) in [5.41, 5.74) is 3.42. The summed E-state index contributed by atoms with van der Waals surface area (Å²) < 4.78 is 0. The van der Waals surface area contributed by atoms with E-state index in [4.69, 9.17) is 5.11 Å². The molecule has 19 heavy (non-hydrogen) atoms. The zero-order valence-electron chi connectivity index (χ0n) is 11.2. The SMILES string of the molecule is Cc1ccc2c(c1)CCCN2C(=O)CCCC(=O)O. The van der Waals surface area contributed by atoms with Crippen molar-refractivity contribution in [1.82, 2.24) is 0 Å². The number of nitrogens with zero attached hydrogens (tertiary/aromatic N) is 1. The summed E-state index contributed by atoms with van der Waals surface area (Å²) in [6.45, 7) is 2.79. The Morgan fingerprint density at radius 1 is 1.32 bits per heavy atom. The molecule has 1 N–H and O–H groups in total. The smallest absolute Gasteiger partial charge is 0.303 e. The Bertz CT molecular complexity index is 496. The highest BCUT2D eigenvalue weighted by Crippen LogP contribution is 2.28. The molecule has 0 saturated carbocycles. The van der Waals surface area contributed by atoms with Crippen molar-refractivity contribution in [2.24, 2.45) is 0 Å². The van der Waals surface area contributed by atoms with Gasteiger partial charge < -0.3 is 10.0 Å². The van der Waals surface area contributed by atoms with Gasteiger partial charge in [0.1, 0.15) is 0 Å². The third kappa shape index (κ3) is 3.34. The highest BCUT2D eigenvalue weighted by atomic mass is 16.4. The van der Waals surface area contributed by atoms with Gasteiger partial charge in [0.2, 0.25) is 5.91 Å². The topological polar surface area (TPSA) is 57.6 Å². The number of rotatable bonds is 4. The minimum Gasteiger partial charge on any atom is -0.481 e. The molecule has 0 fully saturated rings. The molecule has 0 radical (unpaired) electrons. The number of carbonyl (C=O) groups is 2. The number of hydrogen-bond donors (Lipinski definition) is 1. The fourth-order valence-electron chi connectivity index (χ4n) is 2.51. The van der Waals surface area contributed by atoms with E-state index in [1.165, 1.54) is 11.1 Å². The van der Waals surface area contributed by atoms with Gasteiger partial charge in [-0.2, -0.15) is 0 Å². The van der Waals surface area contributed by atoms with Crippen molar-refractivity contribution in [2.75, 3.05) is 11.4 Å². The first-order chi connectivity index (χ1) is 9.08. The number of anilines is 1. The molecule has 4 nitrogen and oxygen atoms in total. The first kappa shape index (κ1) is 13.6. The maximum Gasteiger partial charge on any atom is 0.303 e. The predicted molar refractivity (Wildman–Crippen MR) is 73.3 cm³/mol. The van der Waals surface area contributed by atoms with Gasteiger partial charge in [-0.1, -0.05) is 17.7 Å². The van der Waals surface area contributed by atoms with E-state index in [0.717, 1.165) is 25.1 Å². The summed E-state index contributed by atoms with van der Waals surface area (Å²) in [6, 6.07) is 6.15. The van der Waals surface area contributed by atoms with E-state index in [9.17, 15) is 9.59 Å². The van der Waals surface area contributed by atoms with Crippen LogP contribution >= 0.6 is 0 Å². The van der Waals surface area contributed by atoms with Gasteiger partial charge in [-0.3, -0.25) is 9.59 Å². The maximum atomic E-state index is 12.2. The number of aliphatic carboxylic acids is 1. The summed E-state index contributed by atoms with van der Waals surface area (Å²) in [7, 11) is 0. The molecule has 1 amide bonds. The molecule has 0 bridgehead atoms. The van der Waals surface area contributed by atoms with Crippen molar-refractivity contribution in [3.05, 3.63) is 29.3 Å². The zero-order chi connectivity index (χ0) is 13.8. The maximum absolute atomic E-state index is 12.2. The average Bonchev–Trinajstić information content (AvgIpc) is 2.37. The second-order valence-electron chi connectivity index (χ2n) is 5.03. The van der Waals surface area contributed by atoms with E-state index in [0.29, 0.717) is 12.8 Å². The number of carboxylic acids is 1. The van der Waals surface area contributed by atoms with Gasteiger partial charge in [0, 0.05) is 25.1 Å². The van der Waals surface area contributed by atoms with Crippen molar-refractivity contribution < 1.29 is 14.7 Å². The minimum absolute atomic E-state index is 0.0334. The molecule has 2 rings (SSSR count). The predicted octanol–water partition coefficient (Wildman–Crippen LogP) is 2.53. The fourth-order valence-corrected chi connectivity index (χ4v) is 2.51. The molecule has 1 aliphatic rings. The summed E-state index contributed by atoms with van der Waals surface area (Å²) in [5, 5.41) is 8.60. The van der Waals surface area contributed by atoms with Crippen LogP contribution in [0.2, 0.25) is 0 Å². The largest absolute Gasteiger partial charge is 0.481 e. The highest BCUT2D eigenvalue weighted by molar-refractivity contribution is 5.94. The van der Waals surface area contributed by atoms with Crippen LogP contribution in [0, 0.1) is 6.92 Å². The van der Waals surface area contributed by atoms with E-state index in [2.05, 4.69) is 6.07 Å². The third-order valence-electron chi connectivity index (χ3n) is 3.44. The lowest BCUT2D eigenvalue weighted by Gasteiger charge is -2.29. The molecule has 0 unspecified atom stereocenters.